The van der Waals surface area contributed by atoms with Crippen LogP contribution < -0.4 is 5.32 Å². The van der Waals surface area contributed by atoms with E-state index in [2.05, 4.69) is 15.5 Å². The van der Waals surface area contributed by atoms with Gasteiger partial charge in [0.1, 0.15) is 16.8 Å². The number of halogens is 3. The zero-order valence-corrected chi connectivity index (χ0v) is 18.5. The maximum absolute atomic E-state index is 12.8. The number of aromatic nitrogens is 3. The molecule has 0 bridgehead atoms. The van der Waals surface area contributed by atoms with Gasteiger partial charge in [-0.1, -0.05) is 53.0 Å². The van der Waals surface area contributed by atoms with Crippen molar-refractivity contribution >= 4 is 57.4 Å². The molecule has 0 spiro atoms. The van der Waals surface area contributed by atoms with Crippen LogP contribution in [0.4, 0.5) is 5.69 Å². The van der Waals surface area contributed by atoms with Gasteiger partial charge in [0.25, 0.3) is 5.91 Å². The van der Waals surface area contributed by atoms with Crippen molar-refractivity contribution < 1.29 is 9.21 Å². The van der Waals surface area contributed by atoms with E-state index in [1.807, 2.05) is 30.3 Å². The number of para-hydroxylation sites is 1. The van der Waals surface area contributed by atoms with E-state index in [0.717, 1.165) is 5.69 Å². The number of hydrogen-bond acceptors (Lipinski definition) is 4. The van der Waals surface area contributed by atoms with E-state index in [-0.39, 0.29) is 5.76 Å². The van der Waals surface area contributed by atoms with E-state index in [9.17, 15) is 4.79 Å². The summed E-state index contributed by atoms with van der Waals surface area (Å²) in [6.45, 7) is 0. The number of amides is 1. The molecule has 2 heterocycles. The molecule has 1 N–H and O–H groups in total. The summed E-state index contributed by atoms with van der Waals surface area (Å²) in [5.74, 6) is 0.0567. The lowest BCUT2D eigenvalue weighted by atomic mass is 10.2. The molecule has 0 aliphatic rings. The van der Waals surface area contributed by atoms with Gasteiger partial charge in [0, 0.05) is 10.6 Å². The summed E-state index contributed by atoms with van der Waals surface area (Å²) in [7, 11) is 0. The molecule has 0 saturated carbocycles. The number of rotatable bonds is 4. The van der Waals surface area contributed by atoms with Gasteiger partial charge in [-0.05, 0) is 54.6 Å². The fourth-order valence-corrected chi connectivity index (χ4v) is 3.77. The Bertz CT molecular complexity index is 1460. The standard InChI is InChI=1S/C23H13Cl3N4O2/c24-13-6-7-16(25)15(10-13)21-8-9-22(32-21)23(31)27-18-12-20-19(11-17(18)26)28-30(29-20)14-4-2-1-3-5-14/h1-12H,(H,27,31). The largest absolute Gasteiger partial charge is 0.451 e. The predicted molar refractivity (Wildman–Crippen MR) is 126 cm³/mol. The summed E-state index contributed by atoms with van der Waals surface area (Å²) in [5.41, 5.74) is 2.98. The third-order valence-electron chi connectivity index (χ3n) is 4.73. The number of carbonyl (C=O) groups excluding carboxylic acids is 1. The molecule has 158 valence electrons. The molecule has 9 heteroatoms. The molecule has 2 aromatic heterocycles. The minimum Gasteiger partial charge on any atom is -0.451 e. The van der Waals surface area contributed by atoms with Gasteiger partial charge in [-0.25, -0.2) is 0 Å². The molecule has 0 aliphatic heterocycles. The maximum Gasteiger partial charge on any atom is 0.291 e. The normalized spacial score (nSPS) is 11.1. The lowest BCUT2D eigenvalue weighted by molar-refractivity contribution is 0.0997. The predicted octanol–water partition coefficient (Wildman–Crippen LogP) is 6.89. The van der Waals surface area contributed by atoms with Crippen molar-refractivity contribution in [1.82, 2.24) is 15.0 Å². The molecule has 0 aliphatic carbocycles. The summed E-state index contributed by atoms with van der Waals surface area (Å²) in [6, 6.07) is 21.0. The van der Waals surface area contributed by atoms with E-state index in [0.29, 0.717) is 43.1 Å². The first-order valence-corrected chi connectivity index (χ1v) is 10.6. The second-order valence-corrected chi connectivity index (χ2v) is 8.14. The van der Waals surface area contributed by atoms with Crippen molar-refractivity contribution in [2.45, 2.75) is 0 Å². The molecular formula is C23H13Cl3N4O2. The lowest BCUT2D eigenvalue weighted by Gasteiger charge is -2.05. The number of nitrogens with one attached hydrogen (secondary N) is 1. The van der Waals surface area contributed by atoms with Crippen LogP contribution in [0.2, 0.25) is 15.1 Å². The van der Waals surface area contributed by atoms with Gasteiger partial charge < -0.3 is 9.73 Å². The number of furan rings is 1. The van der Waals surface area contributed by atoms with Gasteiger partial charge in [-0.15, -0.1) is 10.2 Å². The Morgan fingerprint density at radius 2 is 1.59 bits per heavy atom. The number of fused-ring (bicyclic) bond motifs is 1. The number of carbonyl (C=O) groups is 1. The Balaban J connectivity index is 1.42. The van der Waals surface area contributed by atoms with Gasteiger partial charge in [0.2, 0.25) is 0 Å². The van der Waals surface area contributed by atoms with Crippen LogP contribution in [0.3, 0.4) is 0 Å². The van der Waals surface area contributed by atoms with Crippen LogP contribution in [0, 0.1) is 0 Å². The Kier molecular flexibility index (Phi) is 5.35. The number of benzene rings is 3. The first-order chi connectivity index (χ1) is 15.5. The zero-order valence-electron chi connectivity index (χ0n) is 16.2. The summed E-state index contributed by atoms with van der Waals surface area (Å²) in [6.07, 6.45) is 0. The minimum absolute atomic E-state index is 0.0974. The van der Waals surface area contributed by atoms with E-state index in [1.165, 1.54) is 4.80 Å². The summed E-state index contributed by atoms with van der Waals surface area (Å²) < 4.78 is 5.70. The third kappa shape index (κ3) is 3.96. The van der Waals surface area contributed by atoms with Gasteiger partial charge in [0.05, 0.1) is 21.4 Å². The summed E-state index contributed by atoms with van der Waals surface area (Å²) in [5, 5.41) is 13.0. The fourth-order valence-electron chi connectivity index (χ4n) is 3.19. The van der Waals surface area contributed by atoms with Crippen LogP contribution in [-0.2, 0) is 0 Å². The molecule has 3 aromatic carbocycles. The monoisotopic (exact) mass is 482 g/mol. The highest BCUT2D eigenvalue weighted by molar-refractivity contribution is 6.35. The molecule has 0 unspecified atom stereocenters. The first-order valence-electron chi connectivity index (χ1n) is 9.46. The van der Waals surface area contributed by atoms with Crippen molar-refractivity contribution in [3.63, 3.8) is 0 Å². The molecule has 1 amide bonds. The van der Waals surface area contributed by atoms with Crippen molar-refractivity contribution in [1.29, 1.82) is 0 Å². The summed E-state index contributed by atoms with van der Waals surface area (Å²) >= 11 is 18.6. The second kappa shape index (κ2) is 8.31. The highest BCUT2D eigenvalue weighted by Gasteiger charge is 2.17. The molecule has 5 aromatic rings. The van der Waals surface area contributed by atoms with Crippen LogP contribution in [0.15, 0.2) is 77.2 Å². The first kappa shape index (κ1) is 20.6. The molecule has 0 saturated heterocycles. The Morgan fingerprint density at radius 1 is 0.844 bits per heavy atom. The topological polar surface area (TPSA) is 73.0 Å². The molecule has 0 atom stereocenters. The van der Waals surface area contributed by atoms with Crippen LogP contribution in [0.5, 0.6) is 0 Å². The van der Waals surface area contributed by atoms with E-state index < -0.39 is 5.91 Å². The number of anilines is 1. The molecule has 0 radical (unpaired) electrons. The van der Waals surface area contributed by atoms with Gasteiger partial charge in [-0.3, -0.25) is 4.79 Å². The van der Waals surface area contributed by atoms with E-state index in [1.54, 1.807) is 42.5 Å². The molecule has 32 heavy (non-hydrogen) atoms. The third-order valence-corrected chi connectivity index (χ3v) is 5.61. The smallest absolute Gasteiger partial charge is 0.291 e. The second-order valence-electron chi connectivity index (χ2n) is 6.89. The molecular weight excluding hydrogens is 471 g/mol. The number of nitrogens with zero attached hydrogens (tertiary/aromatic N) is 3. The molecule has 5 rings (SSSR count). The van der Waals surface area contributed by atoms with Crippen molar-refractivity contribution in [2.75, 3.05) is 5.32 Å². The van der Waals surface area contributed by atoms with Crippen molar-refractivity contribution in [3.8, 4) is 17.0 Å². The quantitative estimate of drug-likeness (QED) is 0.302. The van der Waals surface area contributed by atoms with Crippen LogP contribution >= 0.6 is 34.8 Å². The zero-order chi connectivity index (χ0) is 22.2. The number of hydrogen-bond donors (Lipinski definition) is 1. The Labute approximate surface area is 197 Å². The van der Waals surface area contributed by atoms with Gasteiger partial charge >= 0.3 is 0 Å². The lowest BCUT2D eigenvalue weighted by Crippen LogP contribution is -2.11. The van der Waals surface area contributed by atoms with Crippen molar-refractivity contribution in [2.24, 2.45) is 0 Å². The van der Waals surface area contributed by atoms with Crippen LogP contribution in [0.25, 0.3) is 28.0 Å². The van der Waals surface area contributed by atoms with E-state index in [4.69, 9.17) is 39.2 Å². The molecule has 6 nitrogen and oxygen atoms in total. The maximum atomic E-state index is 12.8. The van der Waals surface area contributed by atoms with Crippen LogP contribution in [0.1, 0.15) is 10.6 Å². The SMILES string of the molecule is O=C(Nc1cc2nn(-c3ccccc3)nc2cc1Cl)c1ccc(-c2cc(Cl)ccc2Cl)o1. The minimum atomic E-state index is -0.467. The molecule has 0 fully saturated rings. The van der Waals surface area contributed by atoms with Crippen molar-refractivity contribution in [3.05, 3.63) is 93.6 Å². The van der Waals surface area contributed by atoms with Crippen LogP contribution in [-0.4, -0.2) is 20.9 Å². The van der Waals surface area contributed by atoms with Gasteiger partial charge in [0.15, 0.2) is 5.76 Å². The highest BCUT2D eigenvalue weighted by atomic mass is 35.5. The van der Waals surface area contributed by atoms with Gasteiger partial charge in [-0.2, -0.15) is 4.80 Å². The average molecular weight is 484 g/mol. The summed E-state index contributed by atoms with van der Waals surface area (Å²) in [4.78, 5) is 14.3. The highest BCUT2D eigenvalue weighted by Crippen LogP contribution is 2.32. The Hall–Kier alpha value is -3.32. The average Bonchev–Trinajstić information content (AvgIpc) is 3.44. The van der Waals surface area contributed by atoms with E-state index >= 15 is 0 Å². The Morgan fingerprint density at radius 3 is 2.38 bits per heavy atom. The fraction of sp³-hybridized carbons (Fsp3) is 0.